The Morgan fingerprint density at radius 3 is 2.95 bits per heavy atom. The van der Waals surface area contributed by atoms with E-state index >= 15 is 0 Å². The van der Waals surface area contributed by atoms with Crippen molar-refractivity contribution in [3.63, 3.8) is 0 Å². The van der Waals surface area contributed by atoms with Crippen LogP contribution in [0.3, 0.4) is 0 Å². The van der Waals surface area contributed by atoms with Gasteiger partial charge in [-0.3, -0.25) is 0 Å². The lowest BCUT2D eigenvalue weighted by molar-refractivity contribution is 0.501. The van der Waals surface area contributed by atoms with Crippen LogP contribution >= 0.6 is 0 Å². The van der Waals surface area contributed by atoms with Crippen LogP contribution in [0.5, 0.6) is 0 Å². The Balaban J connectivity index is 1.76. The molecule has 0 spiro atoms. The zero-order chi connectivity index (χ0) is 13.2. The number of benzene rings is 1. The molecule has 0 saturated heterocycles. The third kappa shape index (κ3) is 2.94. The van der Waals surface area contributed by atoms with Crippen LogP contribution in [0.15, 0.2) is 18.2 Å². The fourth-order valence-electron chi connectivity index (χ4n) is 3.20. The zero-order valence-corrected chi connectivity index (χ0v) is 12.3. The lowest BCUT2D eigenvalue weighted by atomic mass is 9.97. The van der Waals surface area contributed by atoms with Gasteiger partial charge in [-0.05, 0) is 50.7 Å². The summed E-state index contributed by atoms with van der Waals surface area (Å²) in [6.45, 7) is 6.89. The molecule has 2 nitrogen and oxygen atoms in total. The number of nitrogens with zero attached hydrogens (tertiary/aromatic N) is 1. The molecule has 1 saturated carbocycles. The maximum atomic E-state index is 3.71. The number of rotatable bonds is 5. The van der Waals surface area contributed by atoms with Crippen molar-refractivity contribution in [3.8, 4) is 0 Å². The summed E-state index contributed by atoms with van der Waals surface area (Å²) in [5.74, 6) is 0. The predicted molar refractivity (Wildman–Crippen MR) is 81.9 cm³/mol. The van der Waals surface area contributed by atoms with Crippen molar-refractivity contribution in [3.05, 3.63) is 29.3 Å². The lowest BCUT2D eigenvalue weighted by Crippen LogP contribution is -2.45. The van der Waals surface area contributed by atoms with Crippen LogP contribution in [-0.4, -0.2) is 25.2 Å². The molecule has 1 aliphatic carbocycles. The Kier molecular flexibility index (Phi) is 3.79. The van der Waals surface area contributed by atoms with E-state index in [9.17, 15) is 0 Å². The minimum atomic E-state index is 0.655. The first kappa shape index (κ1) is 13.0. The molecule has 1 atom stereocenters. The minimum absolute atomic E-state index is 0.655. The largest absolute Gasteiger partial charge is 0.367 e. The van der Waals surface area contributed by atoms with Crippen LogP contribution in [-0.2, 0) is 6.42 Å². The van der Waals surface area contributed by atoms with Gasteiger partial charge in [-0.15, -0.1) is 0 Å². The molecule has 0 bridgehead atoms. The molecule has 1 aliphatic heterocycles. The van der Waals surface area contributed by atoms with Gasteiger partial charge in [0.15, 0.2) is 0 Å². The van der Waals surface area contributed by atoms with Gasteiger partial charge in [-0.2, -0.15) is 0 Å². The third-order valence-corrected chi connectivity index (χ3v) is 4.52. The second-order valence-corrected chi connectivity index (χ2v) is 6.17. The maximum Gasteiger partial charge on any atom is 0.0412 e. The van der Waals surface area contributed by atoms with E-state index in [4.69, 9.17) is 0 Å². The van der Waals surface area contributed by atoms with Crippen molar-refractivity contribution >= 4 is 5.69 Å². The second kappa shape index (κ2) is 5.54. The highest BCUT2D eigenvalue weighted by Crippen LogP contribution is 2.30. The number of nitrogens with one attached hydrogen (secondary N) is 1. The van der Waals surface area contributed by atoms with Crippen LogP contribution in [0.4, 0.5) is 5.69 Å². The van der Waals surface area contributed by atoms with Crippen LogP contribution in [0.1, 0.15) is 43.7 Å². The number of anilines is 1. The maximum absolute atomic E-state index is 3.71. The van der Waals surface area contributed by atoms with Crippen molar-refractivity contribution in [2.75, 3.05) is 18.0 Å². The quantitative estimate of drug-likeness (QED) is 0.872. The first-order valence-electron chi connectivity index (χ1n) is 7.87. The Hall–Kier alpha value is -1.02. The first-order chi connectivity index (χ1) is 9.28. The fourth-order valence-corrected chi connectivity index (χ4v) is 3.20. The molecule has 2 aliphatic rings. The summed E-state index contributed by atoms with van der Waals surface area (Å²) < 4.78 is 0. The molecule has 0 amide bonds. The molecule has 1 aromatic carbocycles. The Labute approximate surface area is 117 Å². The molecule has 19 heavy (non-hydrogen) atoms. The Morgan fingerprint density at radius 1 is 1.37 bits per heavy atom. The fraction of sp³-hybridized carbons (Fsp3) is 0.647. The summed E-state index contributed by atoms with van der Waals surface area (Å²) in [4.78, 5) is 2.65. The van der Waals surface area contributed by atoms with Crippen molar-refractivity contribution in [2.45, 2.75) is 58.0 Å². The highest BCUT2D eigenvalue weighted by molar-refractivity contribution is 5.57. The van der Waals surface area contributed by atoms with Gasteiger partial charge in [0.05, 0.1) is 0 Å². The van der Waals surface area contributed by atoms with E-state index in [0.717, 1.165) is 12.6 Å². The molecular weight excluding hydrogens is 232 g/mol. The molecule has 104 valence electrons. The molecule has 1 unspecified atom stereocenters. The minimum Gasteiger partial charge on any atom is -0.367 e. The van der Waals surface area contributed by atoms with E-state index in [1.54, 1.807) is 5.56 Å². The molecule has 1 aromatic rings. The molecular formula is C17H26N2. The van der Waals surface area contributed by atoms with Gasteiger partial charge in [0, 0.05) is 30.9 Å². The molecule has 0 aromatic heterocycles. The standard InChI is InChI=1S/C17H26N2/c1-3-16(12-18-15-7-8-15)19-10-4-5-14-11-13(2)6-9-17(14)19/h6,9,11,15-16,18H,3-5,7-8,10,12H2,1-2H3. The van der Waals surface area contributed by atoms with Crippen LogP contribution in [0, 0.1) is 6.92 Å². The van der Waals surface area contributed by atoms with Gasteiger partial charge < -0.3 is 10.2 Å². The van der Waals surface area contributed by atoms with Crippen molar-refractivity contribution in [1.29, 1.82) is 0 Å². The van der Waals surface area contributed by atoms with Gasteiger partial charge in [0.2, 0.25) is 0 Å². The molecule has 3 rings (SSSR count). The first-order valence-corrected chi connectivity index (χ1v) is 7.87. The monoisotopic (exact) mass is 258 g/mol. The Bertz CT molecular complexity index is 437. The van der Waals surface area contributed by atoms with Gasteiger partial charge in [-0.25, -0.2) is 0 Å². The average Bonchev–Trinajstić information content (AvgIpc) is 3.23. The van der Waals surface area contributed by atoms with E-state index in [-0.39, 0.29) is 0 Å². The van der Waals surface area contributed by atoms with Gasteiger partial charge >= 0.3 is 0 Å². The van der Waals surface area contributed by atoms with E-state index in [1.807, 2.05) is 0 Å². The number of hydrogen-bond acceptors (Lipinski definition) is 2. The van der Waals surface area contributed by atoms with Crippen molar-refractivity contribution < 1.29 is 0 Å². The summed E-state index contributed by atoms with van der Waals surface area (Å²) in [6, 6.07) is 8.45. The molecule has 1 N–H and O–H groups in total. The topological polar surface area (TPSA) is 15.3 Å². The summed E-state index contributed by atoms with van der Waals surface area (Å²) in [7, 11) is 0. The van der Waals surface area contributed by atoms with E-state index in [1.165, 1.54) is 49.9 Å². The predicted octanol–water partition coefficient (Wildman–Crippen LogP) is 3.28. The van der Waals surface area contributed by atoms with E-state index < -0.39 is 0 Å². The summed E-state index contributed by atoms with van der Waals surface area (Å²) >= 11 is 0. The SMILES string of the molecule is CCC(CNC1CC1)N1CCCc2cc(C)ccc21. The van der Waals surface area contributed by atoms with Crippen LogP contribution in [0.25, 0.3) is 0 Å². The van der Waals surface area contributed by atoms with Gasteiger partial charge in [-0.1, -0.05) is 24.6 Å². The third-order valence-electron chi connectivity index (χ3n) is 4.52. The molecule has 1 heterocycles. The van der Waals surface area contributed by atoms with E-state index in [0.29, 0.717) is 6.04 Å². The van der Waals surface area contributed by atoms with Gasteiger partial charge in [0.1, 0.15) is 0 Å². The normalized spacial score (nSPS) is 20.2. The Morgan fingerprint density at radius 2 is 2.21 bits per heavy atom. The lowest BCUT2D eigenvalue weighted by Gasteiger charge is -2.38. The van der Waals surface area contributed by atoms with Crippen LogP contribution < -0.4 is 10.2 Å². The highest BCUT2D eigenvalue weighted by Gasteiger charge is 2.26. The summed E-state index contributed by atoms with van der Waals surface area (Å²) in [6.07, 6.45) is 6.54. The zero-order valence-electron chi connectivity index (χ0n) is 12.3. The number of aryl methyl sites for hydroxylation is 2. The number of hydrogen-bond donors (Lipinski definition) is 1. The van der Waals surface area contributed by atoms with E-state index in [2.05, 4.69) is 42.3 Å². The van der Waals surface area contributed by atoms with Crippen molar-refractivity contribution in [2.24, 2.45) is 0 Å². The number of fused-ring (bicyclic) bond motifs is 1. The molecule has 1 fully saturated rings. The van der Waals surface area contributed by atoms with Crippen LogP contribution in [0.2, 0.25) is 0 Å². The van der Waals surface area contributed by atoms with Gasteiger partial charge in [0.25, 0.3) is 0 Å². The summed E-state index contributed by atoms with van der Waals surface area (Å²) in [5.41, 5.74) is 4.43. The van der Waals surface area contributed by atoms with Crippen molar-refractivity contribution in [1.82, 2.24) is 5.32 Å². The average molecular weight is 258 g/mol. The molecule has 2 heteroatoms. The highest BCUT2D eigenvalue weighted by atomic mass is 15.2. The second-order valence-electron chi connectivity index (χ2n) is 6.17. The smallest absolute Gasteiger partial charge is 0.0412 e. The summed E-state index contributed by atoms with van der Waals surface area (Å²) in [5, 5.41) is 3.71. The molecule has 0 radical (unpaired) electrons.